The summed E-state index contributed by atoms with van der Waals surface area (Å²) >= 11 is 0. The normalized spacial score (nSPS) is 20.9. The number of anilines is 1. The molecule has 0 radical (unpaired) electrons. The molecule has 1 aromatic rings. The van der Waals surface area contributed by atoms with E-state index in [0.717, 1.165) is 12.1 Å². The van der Waals surface area contributed by atoms with Crippen molar-refractivity contribution in [2.24, 2.45) is 5.92 Å². The van der Waals surface area contributed by atoms with Gasteiger partial charge in [-0.1, -0.05) is 6.07 Å². The highest BCUT2D eigenvalue weighted by Crippen LogP contribution is 2.26. The number of hydrogen-bond donors (Lipinski definition) is 2. The Morgan fingerprint density at radius 3 is 3.05 bits per heavy atom. The molecule has 2 N–H and O–H groups in total. The van der Waals surface area contributed by atoms with Gasteiger partial charge in [-0.25, -0.2) is 4.39 Å². The van der Waals surface area contributed by atoms with Gasteiger partial charge in [-0.2, -0.15) is 0 Å². The van der Waals surface area contributed by atoms with Gasteiger partial charge in [0.25, 0.3) is 0 Å². The number of nitrogens with one attached hydrogen (secondary N) is 2. The molecule has 6 heteroatoms. The van der Waals surface area contributed by atoms with Crippen molar-refractivity contribution in [3.05, 3.63) is 29.1 Å². The SMILES string of the molecule is CCN1CC(C(=O)Nc2ccc3c(c2F)CCNC3)CC1=O. The van der Waals surface area contributed by atoms with Gasteiger partial charge in [-0.15, -0.1) is 0 Å². The lowest BCUT2D eigenvalue weighted by Crippen LogP contribution is -2.29. The average molecular weight is 305 g/mol. The number of benzene rings is 1. The summed E-state index contributed by atoms with van der Waals surface area (Å²) in [5.41, 5.74) is 1.83. The van der Waals surface area contributed by atoms with Crippen LogP contribution in [0.25, 0.3) is 0 Å². The maximum absolute atomic E-state index is 14.5. The van der Waals surface area contributed by atoms with Crippen LogP contribution in [0.1, 0.15) is 24.5 Å². The van der Waals surface area contributed by atoms with E-state index in [2.05, 4.69) is 10.6 Å². The zero-order chi connectivity index (χ0) is 15.7. The Balaban J connectivity index is 1.74. The minimum Gasteiger partial charge on any atom is -0.342 e. The van der Waals surface area contributed by atoms with Crippen molar-refractivity contribution in [3.8, 4) is 0 Å². The van der Waals surface area contributed by atoms with Crippen LogP contribution in [0.5, 0.6) is 0 Å². The lowest BCUT2D eigenvalue weighted by Gasteiger charge is -2.20. The van der Waals surface area contributed by atoms with E-state index in [9.17, 15) is 14.0 Å². The fourth-order valence-electron chi connectivity index (χ4n) is 3.12. The van der Waals surface area contributed by atoms with Crippen LogP contribution in [-0.4, -0.2) is 36.3 Å². The molecule has 22 heavy (non-hydrogen) atoms. The number of fused-ring (bicyclic) bond motifs is 1. The zero-order valence-corrected chi connectivity index (χ0v) is 12.6. The molecule has 0 saturated carbocycles. The van der Waals surface area contributed by atoms with E-state index in [1.165, 1.54) is 0 Å². The molecular formula is C16H20FN3O2. The van der Waals surface area contributed by atoms with Gasteiger partial charge >= 0.3 is 0 Å². The van der Waals surface area contributed by atoms with Crippen molar-refractivity contribution in [1.82, 2.24) is 10.2 Å². The second-order valence-electron chi connectivity index (χ2n) is 5.81. The van der Waals surface area contributed by atoms with Gasteiger partial charge in [0.2, 0.25) is 11.8 Å². The molecule has 0 bridgehead atoms. The number of amides is 2. The van der Waals surface area contributed by atoms with E-state index in [1.54, 1.807) is 11.0 Å². The van der Waals surface area contributed by atoms with Crippen LogP contribution >= 0.6 is 0 Å². The molecule has 118 valence electrons. The predicted octanol–water partition coefficient (Wildman–Crippen LogP) is 1.28. The Morgan fingerprint density at radius 2 is 2.32 bits per heavy atom. The maximum Gasteiger partial charge on any atom is 0.229 e. The van der Waals surface area contributed by atoms with E-state index >= 15 is 0 Å². The number of carbonyl (C=O) groups excluding carboxylic acids is 2. The van der Waals surface area contributed by atoms with Crippen molar-refractivity contribution in [2.45, 2.75) is 26.3 Å². The number of likely N-dealkylation sites (tertiary alicyclic amines) is 1. The van der Waals surface area contributed by atoms with Crippen LogP contribution < -0.4 is 10.6 Å². The van der Waals surface area contributed by atoms with Gasteiger partial charge in [-0.3, -0.25) is 9.59 Å². The van der Waals surface area contributed by atoms with Crippen LogP contribution in [0.3, 0.4) is 0 Å². The van der Waals surface area contributed by atoms with Gasteiger partial charge in [0, 0.05) is 26.1 Å². The highest BCUT2D eigenvalue weighted by molar-refractivity contribution is 5.97. The molecule has 5 nitrogen and oxygen atoms in total. The van der Waals surface area contributed by atoms with Crippen LogP contribution in [0.4, 0.5) is 10.1 Å². The molecule has 2 amide bonds. The molecule has 1 atom stereocenters. The summed E-state index contributed by atoms with van der Waals surface area (Å²) in [6, 6.07) is 3.45. The first-order valence-corrected chi connectivity index (χ1v) is 7.69. The van der Waals surface area contributed by atoms with Crippen molar-refractivity contribution in [3.63, 3.8) is 0 Å². The maximum atomic E-state index is 14.5. The van der Waals surface area contributed by atoms with Crippen LogP contribution in [0.15, 0.2) is 12.1 Å². The molecule has 1 aromatic carbocycles. The first kappa shape index (κ1) is 15.0. The fourth-order valence-corrected chi connectivity index (χ4v) is 3.12. The molecule has 2 aliphatic heterocycles. The topological polar surface area (TPSA) is 61.4 Å². The average Bonchev–Trinajstić information content (AvgIpc) is 2.91. The third-order valence-corrected chi connectivity index (χ3v) is 4.43. The summed E-state index contributed by atoms with van der Waals surface area (Å²) < 4.78 is 14.5. The lowest BCUT2D eigenvalue weighted by atomic mass is 9.99. The Kier molecular flexibility index (Phi) is 4.11. The highest BCUT2D eigenvalue weighted by atomic mass is 19.1. The number of halogens is 1. The molecule has 1 unspecified atom stereocenters. The van der Waals surface area contributed by atoms with Gasteiger partial charge in [0.15, 0.2) is 0 Å². The Bertz CT molecular complexity index is 618. The molecule has 0 aromatic heterocycles. The summed E-state index contributed by atoms with van der Waals surface area (Å²) in [4.78, 5) is 25.6. The molecular weight excluding hydrogens is 285 g/mol. The van der Waals surface area contributed by atoms with Gasteiger partial charge in [0.1, 0.15) is 5.82 Å². The van der Waals surface area contributed by atoms with E-state index in [1.807, 2.05) is 13.0 Å². The lowest BCUT2D eigenvalue weighted by molar-refractivity contribution is -0.128. The van der Waals surface area contributed by atoms with Crippen LogP contribution in [0, 0.1) is 11.7 Å². The summed E-state index contributed by atoms with van der Waals surface area (Å²) in [5.74, 6) is -1.04. The molecule has 2 aliphatic rings. The van der Waals surface area contributed by atoms with E-state index in [0.29, 0.717) is 31.6 Å². The monoisotopic (exact) mass is 305 g/mol. The van der Waals surface area contributed by atoms with Crippen molar-refractivity contribution < 1.29 is 14.0 Å². The van der Waals surface area contributed by atoms with E-state index < -0.39 is 5.92 Å². The molecule has 0 aliphatic carbocycles. The third kappa shape index (κ3) is 2.70. The number of carbonyl (C=O) groups is 2. The molecule has 1 saturated heterocycles. The predicted molar refractivity (Wildman–Crippen MR) is 80.8 cm³/mol. The number of rotatable bonds is 3. The summed E-state index contributed by atoms with van der Waals surface area (Å²) in [6.07, 6.45) is 0.826. The van der Waals surface area contributed by atoms with Gasteiger partial charge in [0.05, 0.1) is 11.6 Å². The minimum absolute atomic E-state index is 0.0142. The largest absolute Gasteiger partial charge is 0.342 e. The Labute approximate surface area is 128 Å². The summed E-state index contributed by atoms with van der Waals surface area (Å²) in [7, 11) is 0. The molecule has 1 fully saturated rings. The number of hydrogen-bond acceptors (Lipinski definition) is 3. The van der Waals surface area contributed by atoms with Crippen LogP contribution in [0.2, 0.25) is 0 Å². The first-order chi connectivity index (χ1) is 10.6. The third-order valence-electron chi connectivity index (χ3n) is 4.43. The standard InChI is InChI=1S/C16H20FN3O2/c1-2-20-9-11(7-14(20)21)16(22)19-13-4-3-10-8-18-6-5-12(10)15(13)17/h3-4,11,18H,2,5-9H2,1H3,(H,19,22). The second-order valence-corrected chi connectivity index (χ2v) is 5.81. The van der Waals surface area contributed by atoms with Crippen LogP contribution in [-0.2, 0) is 22.6 Å². The van der Waals surface area contributed by atoms with Gasteiger partial charge in [-0.05, 0) is 37.1 Å². The fraction of sp³-hybridized carbons (Fsp3) is 0.500. The quantitative estimate of drug-likeness (QED) is 0.884. The van der Waals surface area contributed by atoms with E-state index in [4.69, 9.17) is 0 Å². The highest BCUT2D eigenvalue weighted by Gasteiger charge is 2.33. The zero-order valence-electron chi connectivity index (χ0n) is 12.6. The van der Waals surface area contributed by atoms with E-state index in [-0.39, 0.29) is 29.7 Å². The smallest absolute Gasteiger partial charge is 0.229 e. The first-order valence-electron chi connectivity index (χ1n) is 7.69. The van der Waals surface area contributed by atoms with Crippen molar-refractivity contribution >= 4 is 17.5 Å². The van der Waals surface area contributed by atoms with Crippen molar-refractivity contribution in [2.75, 3.05) is 25.0 Å². The summed E-state index contributed by atoms with van der Waals surface area (Å²) in [6.45, 7) is 4.29. The van der Waals surface area contributed by atoms with Crippen molar-refractivity contribution in [1.29, 1.82) is 0 Å². The van der Waals surface area contributed by atoms with Gasteiger partial charge < -0.3 is 15.5 Å². The Hall–Kier alpha value is -1.95. The minimum atomic E-state index is -0.399. The number of nitrogens with zero attached hydrogens (tertiary/aromatic N) is 1. The molecule has 2 heterocycles. The second kappa shape index (κ2) is 6.04. The Morgan fingerprint density at radius 1 is 1.50 bits per heavy atom. The summed E-state index contributed by atoms with van der Waals surface area (Å²) in [5, 5.41) is 5.85. The molecule has 0 spiro atoms. The molecule has 3 rings (SSSR count).